The van der Waals surface area contributed by atoms with Gasteiger partial charge in [-0.15, -0.1) is 12.4 Å². The molecule has 0 radical (unpaired) electrons. The van der Waals surface area contributed by atoms with Crippen molar-refractivity contribution in [1.82, 2.24) is 10.1 Å². The molecule has 0 aliphatic carbocycles. The Morgan fingerprint density at radius 1 is 1.07 bits per heavy atom. The largest absolute Gasteiger partial charge is 0.366 e. The Kier molecular flexibility index (Phi) is 5.73. The van der Waals surface area contributed by atoms with Crippen LogP contribution in [-0.2, 0) is 6.42 Å². The van der Waals surface area contributed by atoms with Gasteiger partial charge in [0, 0.05) is 40.9 Å². The molecule has 6 nitrogen and oxygen atoms in total. The van der Waals surface area contributed by atoms with Crippen LogP contribution in [0.5, 0.6) is 0 Å². The molecule has 28 heavy (non-hydrogen) atoms. The van der Waals surface area contributed by atoms with Gasteiger partial charge in [-0.3, -0.25) is 9.78 Å². The number of hydrogen-bond acceptors (Lipinski definition) is 5. The lowest BCUT2D eigenvalue weighted by Gasteiger charge is -2.15. The van der Waals surface area contributed by atoms with Crippen LogP contribution >= 0.6 is 12.4 Å². The van der Waals surface area contributed by atoms with Gasteiger partial charge in [-0.05, 0) is 35.9 Å². The van der Waals surface area contributed by atoms with E-state index in [0.29, 0.717) is 23.3 Å². The van der Waals surface area contributed by atoms with Crippen molar-refractivity contribution in [3.8, 4) is 11.3 Å². The van der Waals surface area contributed by atoms with E-state index >= 15 is 0 Å². The highest BCUT2D eigenvalue weighted by atomic mass is 35.5. The number of rotatable bonds is 5. The minimum absolute atomic E-state index is 0. The van der Waals surface area contributed by atoms with E-state index in [1.54, 1.807) is 24.4 Å². The number of halogens is 1. The van der Waals surface area contributed by atoms with Crippen molar-refractivity contribution in [2.24, 2.45) is 11.5 Å². The monoisotopic (exact) mass is 394 g/mol. The molecule has 7 heteroatoms. The predicted octanol–water partition coefficient (Wildman–Crippen LogP) is 3.65. The lowest BCUT2D eigenvalue weighted by Crippen LogP contribution is -2.15. The normalized spacial score (nSPS) is 11.8. The quantitative estimate of drug-likeness (QED) is 0.537. The summed E-state index contributed by atoms with van der Waals surface area (Å²) in [6.07, 6.45) is 2.37. The Balaban J connectivity index is 0.00000225. The van der Waals surface area contributed by atoms with E-state index in [2.05, 4.69) is 10.1 Å². The second-order valence-electron chi connectivity index (χ2n) is 6.33. The van der Waals surface area contributed by atoms with Gasteiger partial charge in [0.1, 0.15) is 5.69 Å². The van der Waals surface area contributed by atoms with Crippen molar-refractivity contribution in [2.45, 2.75) is 12.5 Å². The highest BCUT2D eigenvalue weighted by molar-refractivity contribution is 5.99. The van der Waals surface area contributed by atoms with Gasteiger partial charge in [0.25, 0.3) is 0 Å². The summed E-state index contributed by atoms with van der Waals surface area (Å²) in [6.45, 7) is 0. The van der Waals surface area contributed by atoms with E-state index < -0.39 is 5.91 Å². The summed E-state index contributed by atoms with van der Waals surface area (Å²) < 4.78 is 5.44. The fraction of sp³-hybridized carbons (Fsp3) is 0.0952. The average Bonchev–Trinajstić information content (AvgIpc) is 3.11. The number of aromatic nitrogens is 2. The summed E-state index contributed by atoms with van der Waals surface area (Å²) >= 11 is 0. The van der Waals surface area contributed by atoms with Crippen LogP contribution < -0.4 is 11.5 Å². The molecule has 1 atom stereocenters. The lowest BCUT2D eigenvalue weighted by atomic mass is 9.94. The Morgan fingerprint density at radius 2 is 1.86 bits per heavy atom. The highest BCUT2D eigenvalue weighted by Crippen LogP contribution is 2.33. The minimum Gasteiger partial charge on any atom is -0.366 e. The molecule has 0 unspecified atom stereocenters. The first kappa shape index (κ1) is 19.5. The van der Waals surface area contributed by atoms with Gasteiger partial charge in [0.05, 0.1) is 0 Å². The van der Waals surface area contributed by atoms with Crippen LogP contribution in [-0.4, -0.2) is 16.0 Å². The van der Waals surface area contributed by atoms with Gasteiger partial charge in [0.2, 0.25) is 5.91 Å². The Bertz CT molecular complexity index is 1110. The molecule has 0 aliphatic rings. The standard InChI is InChI=1S/C21H18N4O2.ClH/c22-18(12-14-5-3-4-10-24-14)15-6-1-2-7-16(15)20-17-9-8-13(21(23)26)11-19(17)27-25-20;/h1-11,18H,12,22H2,(H2,23,26);1H/t18-;/m0./s1. The number of pyridine rings is 1. The molecule has 0 saturated heterocycles. The second-order valence-corrected chi connectivity index (χ2v) is 6.33. The molecule has 0 saturated carbocycles. The van der Waals surface area contributed by atoms with Gasteiger partial charge in [0.15, 0.2) is 5.58 Å². The van der Waals surface area contributed by atoms with E-state index in [1.165, 1.54) is 0 Å². The molecule has 0 spiro atoms. The minimum atomic E-state index is -0.507. The number of fused-ring (bicyclic) bond motifs is 1. The third-order valence-electron chi connectivity index (χ3n) is 4.53. The maximum absolute atomic E-state index is 11.4. The molecule has 2 aromatic heterocycles. The van der Waals surface area contributed by atoms with Crippen molar-refractivity contribution in [2.75, 3.05) is 0 Å². The van der Waals surface area contributed by atoms with E-state index in [4.69, 9.17) is 16.0 Å². The fourth-order valence-electron chi connectivity index (χ4n) is 3.18. The molecular weight excluding hydrogens is 376 g/mol. The number of amides is 1. The zero-order valence-corrected chi connectivity index (χ0v) is 15.7. The Labute approximate surface area is 168 Å². The van der Waals surface area contributed by atoms with Gasteiger partial charge in [-0.25, -0.2) is 0 Å². The van der Waals surface area contributed by atoms with Crippen molar-refractivity contribution >= 4 is 29.3 Å². The van der Waals surface area contributed by atoms with Crippen LogP contribution in [0.25, 0.3) is 22.2 Å². The first-order chi connectivity index (χ1) is 13.1. The van der Waals surface area contributed by atoms with Gasteiger partial charge in [-0.1, -0.05) is 35.5 Å². The number of carbonyl (C=O) groups excluding carboxylic acids is 1. The molecular formula is C21H19ClN4O2. The summed E-state index contributed by atoms with van der Waals surface area (Å²) in [5.74, 6) is -0.507. The molecule has 0 fully saturated rings. The topological polar surface area (TPSA) is 108 Å². The van der Waals surface area contributed by atoms with Gasteiger partial charge >= 0.3 is 0 Å². The number of nitrogens with two attached hydrogens (primary N) is 2. The van der Waals surface area contributed by atoms with Crippen molar-refractivity contribution in [1.29, 1.82) is 0 Å². The van der Waals surface area contributed by atoms with E-state index in [1.807, 2.05) is 42.5 Å². The third-order valence-corrected chi connectivity index (χ3v) is 4.53. The van der Waals surface area contributed by atoms with Crippen molar-refractivity contribution < 1.29 is 9.32 Å². The van der Waals surface area contributed by atoms with E-state index in [0.717, 1.165) is 22.2 Å². The smallest absolute Gasteiger partial charge is 0.248 e. The zero-order valence-electron chi connectivity index (χ0n) is 14.9. The maximum atomic E-state index is 11.4. The highest BCUT2D eigenvalue weighted by Gasteiger charge is 2.18. The molecule has 2 aromatic carbocycles. The van der Waals surface area contributed by atoms with Crippen LogP contribution in [0.3, 0.4) is 0 Å². The molecule has 142 valence electrons. The summed E-state index contributed by atoms with van der Waals surface area (Å²) in [5.41, 5.74) is 16.2. The van der Waals surface area contributed by atoms with Crippen molar-refractivity contribution in [3.05, 3.63) is 83.7 Å². The molecule has 4 aromatic rings. The van der Waals surface area contributed by atoms with Crippen molar-refractivity contribution in [3.63, 3.8) is 0 Å². The first-order valence-electron chi connectivity index (χ1n) is 8.57. The summed E-state index contributed by atoms with van der Waals surface area (Å²) in [5, 5.41) is 5.02. The summed E-state index contributed by atoms with van der Waals surface area (Å²) in [6, 6.07) is 18.4. The van der Waals surface area contributed by atoms with Crippen LogP contribution in [0.15, 0.2) is 71.4 Å². The zero-order chi connectivity index (χ0) is 18.8. The second kappa shape index (κ2) is 8.21. The molecule has 1 amide bonds. The molecule has 0 bridgehead atoms. The fourth-order valence-corrected chi connectivity index (χ4v) is 3.18. The predicted molar refractivity (Wildman–Crippen MR) is 110 cm³/mol. The Morgan fingerprint density at radius 3 is 2.61 bits per heavy atom. The summed E-state index contributed by atoms with van der Waals surface area (Å²) in [4.78, 5) is 15.7. The third kappa shape index (κ3) is 3.74. The van der Waals surface area contributed by atoms with Crippen LogP contribution in [0, 0.1) is 0 Å². The number of hydrogen-bond donors (Lipinski definition) is 2. The van der Waals surface area contributed by atoms with Gasteiger partial charge in [-0.2, -0.15) is 0 Å². The average molecular weight is 395 g/mol. The lowest BCUT2D eigenvalue weighted by molar-refractivity contribution is 0.100. The maximum Gasteiger partial charge on any atom is 0.248 e. The number of carbonyl (C=O) groups is 1. The number of benzene rings is 2. The van der Waals surface area contributed by atoms with E-state index in [9.17, 15) is 4.79 Å². The Hall–Kier alpha value is -3.22. The van der Waals surface area contributed by atoms with Gasteiger partial charge < -0.3 is 16.0 Å². The van der Waals surface area contributed by atoms with Crippen LogP contribution in [0.1, 0.15) is 27.7 Å². The summed E-state index contributed by atoms with van der Waals surface area (Å²) in [7, 11) is 0. The molecule has 0 aliphatic heterocycles. The van der Waals surface area contributed by atoms with E-state index in [-0.39, 0.29) is 18.4 Å². The van der Waals surface area contributed by atoms with Crippen LogP contribution in [0.2, 0.25) is 0 Å². The number of primary amides is 1. The SMILES string of the molecule is Cl.NC(=O)c1ccc2c(-c3ccccc3[C@@H](N)Cc3ccccn3)noc2c1. The molecule has 4 N–H and O–H groups in total. The van der Waals surface area contributed by atoms with Crippen LogP contribution in [0.4, 0.5) is 0 Å². The number of nitrogens with zero attached hydrogens (tertiary/aromatic N) is 2. The first-order valence-corrected chi connectivity index (χ1v) is 8.57. The molecule has 2 heterocycles. The molecule has 4 rings (SSSR count).